The minimum atomic E-state index is -0.633. The highest BCUT2D eigenvalue weighted by molar-refractivity contribution is 5.80. The van der Waals surface area contributed by atoms with Gasteiger partial charge in [-0.05, 0) is 33.9 Å². The molecule has 0 saturated heterocycles. The lowest BCUT2D eigenvalue weighted by atomic mass is 10.0. The van der Waals surface area contributed by atoms with Gasteiger partial charge in [0.05, 0.1) is 7.11 Å². The van der Waals surface area contributed by atoms with Gasteiger partial charge >= 0.3 is 5.97 Å². The molecule has 0 spiro atoms. The van der Waals surface area contributed by atoms with Crippen molar-refractivity contribution in [2.24, 2.45) is 0 Å². The van der Waals surface area contributed by atoms with Crippen molar-refractivity contribution >= 4 is 5.97 Å². The fourth-order valence-corrected chi connectivity index (χ4v) is 2.01. The Morgan fingerprint density at radius 2 is 1.94 bits per heavy atom. The number of ether oxygens (including phenoxy) is 1. The van der Waals surface area contributed by atoms with E-state index in [4.69, 9.17) is 4.74 Å². The zero-order valence-corrected chi connectivity index (χ0v) is 11.5. The second-order valence-electron chi connectivity index (χ2n) is 4.46. The van der Waals surface area contributed by atoms with Crippen LogP contribution in [0.3, 0.4) is 0 Å². The average Bonchev–Trinajstić information content (AvgIpc) is 2.29. The molecular formula is C12H26N2O2. The van der Waals surface area contributed by atoms with Crippen molar-refractivity contribution < 1.29 is 9.53 Å². The van der Waals surface area contributed by atoms with Crippen molar-refractivity contribution in [2.45, 2.75) is 45.2 Å². The molecule has 0 aliphatic carbocycles. The first-order valence-electron chi connectivity index (χ1n) is 5.92. The summed E-state index contributed by atoms with van der Waals surface area (Å²) >= 11 is 0. The van der Waals surface area contributed by atoms with E-state index in [2.05, 4.69) is 31.1 Å². The predicted octanol–water partition coefficient (Wildman–Crippen LogP) is 1.26. The van der Waals surface area contributed by atoms with Gasteiger partial charge in [-0.15, -0.1) is 0 Å². The van der Waals surface area contributed by atoms with Crippen LogP contribution in [0.25, 0.3) is 0 Å². The Morgan fingerprint density at radius 1 is 1.44 bits per heavy atom. The van der Waals surface area contributed by atoms with Crippen LogP contribution in [0.1, 0.15) is 33.6 Å². The van der Waals surface area contributed by atoms with Crippen LogP contribution < -0.4 is 5.32 Å². The highest BCUT2D eigenvalue weighted by Crippen LogP contribution is 2.13. The van der Waals surface area contributed by atoms with Gasteiger partial charge in [-0.3, -0.25) is 4.79 Å². The second kappa shape index (κ2) is 6.86. The molecule has 0 aliphatic heterocycles. The molecule has 16 heavy (non-hydrogen) atoms. The monoisotopic (exact) mass is 230 g/mol. The molecule has 0 rings (SSSR count). The first-order chi connectivity index (χ1) is 7.45. The minimum absolute atomic E-state index is 0.215. The van der Waals surface area contributed by atoms with E-state index in [0.717, 1.165) is 12.8 Å². The predicted molar refractivity (Wildman–Crippen MR) is 66.5 cm³/mol. The summed E-state index contributed by atoms with van der Waals surface area (Å²) in [7, 11) is 5.27. The van der Waals surface area contributed by atoms with Gasteiger partial charge in [0.2, 0.25) is 0 Å². The number of nitrogens with zero attached hydrogens (tertiary/aromatic N) is 1. The number of esters is 1. The van der Waals surface area contributed by atoms with E-state index in [1.54, 1.807) is 7.05 Å². The molecule has 0 heterocycles. The Kier molecular flexibility index (Phi) is 6.60. The Hall–Kier alpha value is -0.610. The van der Waals surface area contributed by atoms with Gasteiger partial charge in [0.1, 0.15) is 5.54 Å². The lowest BCUT2D eigenvalue weighted by molar-refractivity contribution is -0.148. The van der Waals surface area contributed by atoms with Gasteiger partial charge in [0, 0.05) is 12.6 Å². The molecule has 0 aromatic rings. The van der Waals surface area contributed by atoms with Gasteiger partial charge in [-0.1, -0.05) is 13.8 Å². The third-order valence-electron chi connectivity index (χ3n) is 3.32. The first kappa shape index (κ1) is 15.4. The summed E-state index contributed by atoms with van der Waals surface area (Å²) in [6.07, 6.45) is 2.18. The summed E-state index contributed by atoms with van der Waals surface area (Å²) in [6, 6.07) is 0.511. The number of likely N-dealkylation sites (N-methyl/N-ethyl adjacent to an activating group) is 2. The molecule has 1 atom stereocenters. The fraction of sp³-hybridized carbons (Fsp3) is 0.917. The molecule has 4 nitrogen and oxygen atoms in total. The first-order valence-corrected chi connectivity index (χ1v) is 5.92. The van der Waals surface area contributed by atoms with Crippen LogP contribution in [0.5, 0.6) is 0 Å². The third-order valence-corrected chi connectivity index (χ3v) is 3.32. The summed E-state index contributed by atoms with van der Waals surface area (Å²) in [5, 5.41) is 3.05. The number of hydrogen-bond acceptors (Lipinski definition) is 4. The number of rotatable bonds is 7. The van der Waals surface area contributed by atoms with Crippen LogP contribution in [-0.2, 0) is 9.53 Å². The van der Waals surface area contributed by atoms with E-state index in [-0.39, 0.29) is 5.97 Å². The molecule has 4 heteroatoms. The van der Waals surface area contributed by atoms with E-state index in [1.165, 1.54) is 7.11 Å². The number of nitrogens with one attached hydrogen (secondary N) is 1. The summed E-state index contributed by atoms with van der Waals surface area (Å²) in [6.45, 7) is 6.86. The van der Waals surface area contributed by atoms with Crippen LogP contribution >= 0.6 is 0 Å². The van der Waals surface area contributed by atoms with Gasteiger partial charge in [0.25, 0.3) is 0 Å². The van der Waals surface area contributed by atoms with Crippen LogP contribution in [0.4, 0.5) is 0 Å². The second-order valence-corrected chi connectivity index (χ2v) is 4.46. The summed E-state index contributed by atoms with van der Waals surface area (Å²) in [5.41, 5.74) is -0.633. The number of hydrogen-bond donors (Lipinski definition) is 1. The van der Waals surface area contributed by atoms with Gasteiger partial charge in [-0.25, -0.2) is 0 Å². The SMILES string of the molecule is CCC(CC)N(C)CC(C)(NC)C(=O)OC. The maximum Gasteiger partial charge on any atom is 0.327 e. The fourth-order valence-electron chi connectivity index (χ4n) is 2.01. The van der Waals surface area contributed by atoms with Crippen LogP contribution in [0, 0.1) is 0 Å². The Labute approximate surface area is 99.3 Å². The van der Waals surface area contributed by atoms with Gasteiger partial charge in [0.15, 0.2) is 0 Å². The maximum absolute atomic E-state index is 11.7. The summed E-state index contributed by atoms with van der Waals surface area (Å²) in [4.78, 5) is 13.9. The molecular weight excluding hydrogens is 204 g/mol. The smallest absolute Gasteiger partial charge is 0.327 e. The molecule has 0 saturated carbocycles. The lowest BCUT2D eigenvalue weighted by Gasteiger charge is -2.34. The van der Waals surface area contributed by atoms with Crippen LogP contribution in [0.15, 0.2) is 0 Å². The zero-order valence-electron chi connectivity index (χ0n) is 11.5. The maximum atomic E-state index is 11.7. The van der Waals surface area contributed by atoms with Gasteiger partial charge in [-0.2, -0.15) is 0 Å². The van der Waals surface area contributed by atoms with Crippen molar-refractivity contribution in [1.29, 1.82) is 0 Å². The molecule has 0 fully saturated rings. The zero-order chi connectivity index (χ0) is 12.8. The number of carbonyl (C=O) groups is 1. The van der Waals surface area contributed by atoms with Crippen LogP contribution in [-0.4, -0.2) is 50.2 Å². The third kappa shape index (κ3) is 3.76. The standard InChI is InChI=1S/C12H26N2O2/c1-7-10(8-2)14(5)9-12(3,13-4)11(15)16-6/h10,13H,7-9H2,1-6H3. The molecule has 0 bridgehead atoms. The van der Waals surface area contributed by atoms with Crippen molar-refractivity contribution in [3.05, 3.63) is 0 Å². The Bertz CT molecular complexity index is 217. The molecule has 0 amide bonds. The topological polar surface area (TPSA) is 41.6 Å². The highest BCUT2D eigenvalue weighted by Gasteiger charge is 2.34. The minimum Gasteiger partial charge on any atom is -0.468 e. The molecule has 0 aromatic carbocycles. The van der Waals surface area contributed by atoms with Crippen molar-refractivity contribution in [3.8, 4) is 0 Å². The lowest BCUT2D eigenvalue weighted by Crippen LogP contribution is -2.56. The van der Waals surface area contributed by atoms with Crippen molar-refractivity contribution in [1.82, 2.24) is 10.2 Å². The average molecular weight is 230 g/mol. The van der Waals surface area contributed by atoms with Crippen molar-refractivity contribution in [2.75, 3.05) is 27.7 Å². The summed E-state index contributed by atoms with van der Waals surface area (Å²) < 4.78 is 4.83. The quantitative estimate of drug-likeness (QED) is 0.669. The number of methoxy groups -OCH3 is 1. The molecule has 1 N–H and O–H groups in total. The normalized spacial score (nSPS) is 15.2. The molecule has 0 aliphatic rings. The molecule has 1 unspecified atom stereocenters. The van der Waals surface area contributed by atoms with Crippen LogP contribution in [0.2, 0.25) is 0 Å². The number of carbonyl (C=O) groups excluding carboxylic acids is 1. The van der Waals surface area contributed by atoms with E-state index >= 15 is 0 Å². The molecule has 0 aromatic heterocycles. The van der Waals surface area contributed by atoms with E-state index in [1.807, 2.05) is 6.92 Å². The highest BCUT2D eigenvalue weighted by atomic mass is 16.5. The van der Waals surface area contributed by atoms with E-state index in [0.29, 0.717) is 12.6 Å². The molecule has 96 valence electrons. The van der Waals surface area contributed by atoms with E-state index < -0.39 is 5.54 Å². The Balaban J connectivity index is 4.58. The Morgan fingerprint density at radius 3 is 2.25 bits per heavy atom. The molecule has 0 radical (unpaired) electrons. The van der Waals surface area contributed by atoms with E-state index in [9.17, 15) is 4.79 Å². The van der Waals surface area contributed by atoms with Crippen molar-refractivity contribution in [3.63, 3.8) is 0 Å². The largest absolute Gasteiger partial charge is 0.468 e. The van der Waals surface area contributed by atoms with Gasteiger partial charge < -0.3 is 15.0 Å². The summed E-state index contributed by atoms with van der Waals surface area (Å²) in [5.74, 6) is -0.215.